The van der Waals surface area contributed by atoms with Gasteiger partial charge in [0, 0.05) is 12.1 Å². The van der Waals surface area contributed by atoms with Crippen molar-refractivity contribution in [2.24, 2.45) is 5.92 Å². The van der Waals surface area contributed by atoms with Gasteiger partial charge in [0.05, 0.1) is 0 Å². The summed E-state index contributed by atoms with van der Waals surface area (Å²) in [6.45, 7) is 6.38. The van der Waals surface area contributed by atoms with Gasteiger partial charge in [0.1, 0.15) is 0 Å². The minimum absolute atomic E-state index is 0.888. The first-order chi connectivity index (χ1) is 5.34. The topological polar surface area (TPSA) is 12.0 Å². The Labute approximate surface area is 70.6 Å². The van der Waals surface area contributed by atoms with Gasteiger partial charge in [-0.15, -0.1) is 0 Å². The van der Waals surface area contributed by atoms with Crippen molar-refractivity contribution in [1.82, 2.24) is 5.32 Å². The Morgan fingerprint density at radius 3 is 1.91 bits per heavy atom. The molecule has 1 nitrogen and oxygen atoms in total. The van der Waals surface area contributed by atoms with E-state index in [4.69, 9.17) is 0 Å². The molecule has 1 N–H and O–H groups in total. The Bertz CT molecular complexity index is 99.4. The second-order valence-corrected chi connectivity index (χ2v) is 3.71. The summed E-state index contributed by atoms with van der Waals surface area (Å²) in [5, 5.41) is 3.62. The zero-order chi connectivity index (χ0) is 8.27. The molecule has 0 radical (unpaired) electrons. The molecule has 1 heteroatoms. The first-order valence-corrected chi connectivity index (χ1v) is 5.10. The van der Waals surface area contributed by atoms with Crippen LogP contribution in [0.4, 0.5) is 0 Å². The molecule has 0 aromatic carbocycles. The summed E-state index contributed by atoms with van der Waals surface area (Å²) in [5.74, 6) is 0.990. The Morgan fingerprint density at radius 2 is 1.45 bits per heavy atom. The number of nitrogens with one attached hydrogen (secondary N) is 1. The lowest BCUT2D eigenvalue weighted by atomic mass is 9.95. The van der Waals surface area contributed by atoms with E-state index < -0.39 is 0 Å². The molecule has 0 amide bonds. The molecule has 2 aliphatic heterocycles. The molecule has 2 bridgehead atoms. The second kappa shape index (κ2) is 4.10. The SMILES string of the molecule is CC.CC1CC2CCC(C1)N2. The molecule has 66 valence electrons. The van der Waals surface area contributed by atoms with Gasteiger partial charge in [0.15, 0.2) is 0 Å². The van der Waals surface area contributed by atoms with Gasteiger partial charge in [-0.25, -0.2) is 0 Å². The van der Waals surface area contributed by atoms with Crippen LogP contribution < -0.4 is 5.32 Å². The van der Waals surface area contributed by atoms with E-state index in [9.17, 15) is 0 Å². The number of hydrogen-bond donors (Lipinski definition) is 1. The number of hydrogen-bond acceptors (Lipinski definition) is 1. The lowest BCUT2D eigenvalue weighted by Crippen LogP contribution is -2.37. The van der Waals surface area contributed by atoms with Gasteiger partial charge in [0.25, 0.3) is 0 Å². The molecule has 2 rings (SSSR count). The lowest BCUT2D eigenvalue weighted by Gasteiger charge is -2.25. The minimum Gasteiger partial charge on any atom is -0.311 e. The fourth-order valence-corrected chi connectivity index (χ4v) is 2.34. The second-order valence-electron chi connectivity index (χ2n) is 3.71. The maximum Gasteiger partial charge on any atom is 0.00727 e. The molecule has 2 heterocycles. The molecule has 0 aliphatic carbocycles. The van der Waals surface area contributed by atoms with Gasteiger partial charge in [-0.2, -0.15) is 0 Å². The Balaban J connectivity index is 0.000000281. The summed E-state index contributed by atoms with van der Waals surface area (Å²) in [7, 11) is 0. The largest absolute Gasteiger partial charge is 0.311 e. The van der Waals surface area contributed by atoms with Crippen LogP contribution in [0.15, 0.2) is 0 Å². The van der Waals surface area contributed by atoms with Gasteiger partial charge in [-0.3, -0.25) is 0 Å². The summed E-state index contributed by atoms with van der Waals surface area (Å²) in [6.07, 6.45) is 5.73. The Morgan fingerprint density at radius 1 is 1.00 bits per heavy atom. The molecule has 2 saturated heterocycles. The fourth-order valence-electron chi connectivity index (χ4n) is 2.34. The van der Waals surface area contributed by atoms with Crippen molar-refractivity contribution in [1.29, 1.82) is 0 Å². The Kier molecular flexibility index (Phi) is 3.38. The van der Waals surface area contributed by atoms with Crippen molar-refractivity contribution in [3.8, 4) is 0 Å². The van der Waals surface area contributed by atoms with Crippen LogP contribution in [-0.4, -0.2) is 12.1 Å². The van der Waals surface area contributed by atoms with E-state index in [0.717, 1.165) is 18.0 Å². The maximum absolute atomic E-state index is 3.62. The summed E-state index contributed by atoms with van der Waals surface area (Å²) in [4.78, 5) is 0. The van der Waals surface area contributed by atoms with Crippen molar-refractivity contribution in [2.45, 2.75) is 58.5 Å². The van der Waals surface area contributed by atoms with Crippen LogP contribution >= 0.6 is 0 Å². The molecule has 0 aromatic heterocycles. The fraction of sp³-hybridized carbons (Fsp3) is 1.00. The molecule has 2 atom stereocenters. The summed E-state index contributed by atoms with van der Waals surface area (Å²) in [6, 6.07) is 1.78. The highest BCUT2D eigenvalue weighted by Crippen LogP contribution is 2.29. The molecule has 11 heavy (non-hydrogen) atoms. The molecule has 0 saturated carbocycles. The van der Waals surface area contributed by atoms with Crippen molar-refractivity contribution in [3.63, 3.8) is 0 Å². The van der Waals surface area contributed by atoms with Crippen molar-refractivity contribution >= 4 is 0 Å². The molecule has 0 spiro atoms. The van der Waals surface area contributed by atoms with Crippen molar-refractivity contribution in [2.75, 3.05) is 0 Å². The van der Waals surface area contributed by atoms with E-state index in [1.807, 2.05) is 13.8 Å². The molecule has 0 aromatic rings. The van der Waals surface area contributed by atoms with Gasteiger partial charge >= 0.3 is 0 Å². The van der Waals surface area contributed by atoms with Crippen molar-refractivity contribution < 1.29 is 0 Å². The predicted molar refractivity (Wildman–Crippen MR) is 49.7 cm³/mol. The van der Waals surface area contributed by atoms with Crippen LogP contribution in [0.25, 0.3) is 0 Å². The van der Waals surface area contributed by atoms with Gasteiger partial charge < -0.3 is 5.32 Å². The first kappa shape index (κ1) is 9.05. The summed E-state index contributed by atoms with van der Waals surface area (Å²) in [5.41, 5.74) is 0. The van der Waals surface area contributed by atoms with E-state index in [1.165, 1.54) is 25.7 Å². The third kappa shape index (κ3) is 2.19. The van der Waals surface area contributed by atoms with E-state index in [1.54, 1.807) is 0 Å². The summed E-state index contributed by atoms with van der Waals surface area (Å²) < 4.78 is 0. The van der Waals surface area contributed by atoms with Crippen LogP contribution in [0.2, 0.25) is 0 Å². The summed E-state index contributed by atoms with van der Waals surface area (Å²) >= 11 is 0. The first-order valence-electron chi connectivity index (χ1n) is 5.10. The molecule has 2 fully saturated rings. The van der Waals surface area contributed by atoms with Gasteiger partial charge in [-0.1, -0.05) is 20.8 Å². The predicted octanol–water partition coefficient (Wildman–Crippen LogP) is 2.56. The average Bonchev–Trinajstić information content (AvgIpc) is 2.35. The highest BCUT2D eigenvalue weighted by Gasteiger charge is 2.30. The minimum atomic E-state index is 0.888. The average molecular weight is 155 g/mol. The molecular formula is C10H21N. The zero-order valence-corrected chi connectivity index (χ0v) is 8.06. The molecule has 2 aliphatic rings. The monoisotopic (exact) mass is 155 g/mol. The van der Waals surface area contributed by atoms with Gasteiger partial charge in [0.2, 0.25) is 0 Å². The van der Waals surface area contributed by atoms with E-state index in [0.29, 0.717) is 0 Å². The lowest BCUT2D eigenvalue weighted by molar-refractivity contribution is 0.319. The molecule has 2 unspecified atom stereocenters. The van der Waals surface area contributed by atoms with Crippen LogP contribution in [0, 0.1) is 5.92 Å². The highest BCUT2D eigenvalue weighted by molar-refractivity contribution is 4.90. The third-order valence-electron chi connectivity index (χ3n) is 2.71. The number of fused-ring (bicyclic) bond motifs is 2. The van der Waals surface area contributed by atoms with E-state index in [-0.39, 0.29) is 0 Å². The zero-order valence-electron chi connectivity index (χ0n) is 8.06. The number of piperidine rings is 1. The number of rotatable bonds is 0. The maximum atomic E-state index is 3.62. The Hall–Kier alpha value is -0.0400. The molecular weight excluding hydrogens is 134 g/mol. The smallest absolute Gasteiger partial charge is 0.00727 e. The quantitative estimate of drug-likeness (QED) is 0.567. The highest BCUT2D eigenvalue weighted by atomic mass is 15.0. The van der Waals surface area contributed by atoms with Crippen LogP contribution in [0.1, 0.15) is 46.5 Å². The van der Waals surface area contributed by atoms with Crippen LogP contribution in [0.3, 0.4) is 0 Å². The normalized spacial score (nSPS) is 41.2. The van der Waals surface area contributed by atoms with Crippen LogP contribution in [0.5, 0.6) is 0 Å². The van der Waals surface area contributed by atoms with Crippen LogP contribution in [-0.2, 0) is 0 Å². The van der Waals surface area contributed by atoms with Gasteiger partial charge in [-0.05, 0) is 31.6 Å². The van der Waals surface area contributed by atoms with Crippen molar-refractivity contribution in [3.05, 3.63) is 0 Å². The van der Waals surface area contributed by atoms with E-state index >= 15 is 0 Å². The third-order valence-corrected chi connectivity index (χ3v) is 2.71. The van der Waals surface area contributed by atoms with E-state index in [2.05, 4.69) is 12.2 Å². The standard InChI is InChI=1S/C8H15N.C2H6/c1-6-4-7-2-3-8(5-6)9-7;1-2/h6-9H,2-5H2,1H3;1-2H3.